The van der Waals surface area contributed by atoms with Crippen LogP contribution in [-0.4, -0.2) is 4.57 Å². The van der Waals surface area contributed by atoms with E-state index in [1.807, 2.05) is 0 Å². The standard InChI is InChI=1S/C19H20N2/c1-14-7-8-18-15(11-14)12-17-9-10-19(20,13-21(17)18)16-5-3-2-4-6-16/h2-8,11-12H,9-10,13,20H2,1H3/t19-/m1/s1. The highest BCUT2D eigenvalue weighted by molar-refractivity contribution is 5.82. The Hall–Kier alpha value is -2.06. The Labute approximate surface area is 125 Å². The van der Waals surface area contributed by atoms with E-state index in [2.05, 4.69) is 66.1 Å². The van der Waals surface area contributed by atoms with E-state index in [1.54, 1.807) is 0 Å². The molecule has 1 aliphatic heterocycles. The van der Waals surface area contributed by atoms with Gasteiger partial charge in [0.1, 0.15) is 0 Å². The normalized spacial score (nSPS) is 21.4. The van der Waals surface area contributed by atoms with E-state index in [-0.39, 0.29) is 5.54 Å². The van der Waals surface area contributed by atoms with Crippen molar-refractivity contribution in [2.75, 3.05) is 0 Å². The van der Waals surface area contributed by atoms with Crippen molar-refractivity contribution in [3.63, 3.8) is 0 Å². The number of nitrogens with zero attached hydrogens (tertiary/aromatic N) is 1. The number of hydrogen-bond acceptors (Lipinski definition) is 1. The number of aryl methyl sites for hydroxylation is 2. The monoisotopic (exact) mass is 276 g/mol. The summed E-state index contributed by atoms with van der Waals surface area (Å²) >= 11 is 0. The van der Waals surface area contributed by atoms with Gasteiger partial charge in [0.15, 0.2) is 0 Å². The lowest BCUT2D eigenvalue weighted by molar-refractivity contribution is 0.316. The Balaban J connectivity index is 1.82. The van der Waals surface area contributed by atoms with Crippen molar-refractivity contribution < 1.29 is 0 Å². The molecule has 2 heteroatoms. The van der Waals surface area contributed by atoms with Crippen LogP contribution in [0.25, 0.3) is 10.9 Å². The van der Waals surface area contributed by atoms with Crippen LogP contribution in [-0.2, 0) is 18.5 Å². The molecule has 2 nitrogen and oxygen atoms in total. The first kappa shape index (κ1) is 12.7. The zero-order chi connectivity index (χ0) is 14.4. The van der Waals surface area contributed by atoms with Gasteiger partial charge in [-0.2, -0.15) is 0 Å². The Morgan fingerprint density at radius 1 is 1.05 bits per heavy atom. The van der Waals surface area contributed by atoms with Gasteiger partial charge in [-0.3, -0.25) is 0 Å². The topological polar surface area (TPSA) is 30.9 Å². The van der Waals surface area contributed by atoms with Gasteiger partial charge < -0.3 is 10.3 Å². The summed E-state index contributed by atoms with van der Waals surface area (Å²) in [6, 6.07) is 19.5. The molecule has 0 unspecified atom stereocenters. The Morgan fingerprint density at radius 2 is 1.86 bits per heavy atom. The molecule has 2 N–H and O–H groups in total. The number of nitrogens with two attached hydrogens (primary N) is 1. The molecular formula is C19H20N2. The fourth-order valence-corrected chi connectivity index (χ4v) is 3.56. The van der Waals surface area contributed by atoms with Gasteiger partial charge in [0.25, 0.3) is 0 Å². The molecule has 4 rings (SSSR count). The molecular weight excluding hydrogens is 256 g/mol. The predicted molar refractivity (Wildman–Crippen MR) is 87.3 cm³/mol. The van der Waals surface area contributed by atoms with E-state index in [9.17, 15) is 0 Å². The second-order valence-corrected chi connectivity index (χ2v) is 6.31. The van der Waals surface area contributed by atoms with Crippen molar-refractivity contribution in [2.24, 2.45) is 5.73 Å². The molecule has 0 saturated carbocycles. The van der Waals surface area contributed by atoms with E-state index < -0.39 is 0 Å². The molecule has 21 heavy (non-hydrogen) atoms. The van der Waals surface area contributed by atoms with Gasteiger partial charge in [0.2, 0.25) is 0 Å². The Morgan fingerprint density at radius 3 is 2.67 bits per heavy atom. The molecule has 0 spiro atoms. The molecule has 1 aliphatic rings. The summed E-state index contributed by atoms with van der Waals surface area (Å²) in [5.41, 5.74) is 11.8. The highest BCUT2D eigenvalue weighted by atomic mass is 15.0. The van der Waals surface area contributed by atoms with E-state index >= 15 is 0 Å². The van der Waals surface area contributed by atoms with Crippen molar-refractivity contribution in [3.05, 3.63) is 71.4 Å². The summed E-state index contributed by atoms with van der Waals surface area (Å²) in [4.78, 5) is 0. The van der Waals surface area contributed by atoms with Gasteiger partial charge in [-0.15, -0.1) is 0 Å². The van der Waals surface area contributed by atoms with Crippen LogP contribution in [0.3, 0.4) is 0 Å². The van der Waals surface area contributed by atoms with Crippen LogP contribution in [0.1, 0.15) is 23.2 Å². The van der Waals surface area contributed by atoms with E-state index in [0.717, 1.165) is 19.4 Å². The largest absolute Gasteiger partial charge is 0.342 e. The van der Waals surface area contributed by atoms with Crippen LogP contribution in [0.5, 0.6) is 0 Å². The van der Waals surface area contributed by atoms with Crippen molar-refractivity contribution in [2.45, 2.75) is 31.8 Å². The van der Waals surface area contributed by atoms with Gasteiger partial charge >= 0.3 is 0 Å². The zero-order valence-electron chi connectivity index (χ0n) is 12.3. The minimum absolute atomic E-state index is 0.259. The molecule has 0 aliphatic carbocycles. The van der Waals surface area contributed by atoms with Gasteiger partial charge in [-0.25, -0.2) is 0 Å². The molecule has 3 aromatic rings. The van der Waals surface area contributed by atoms with Gasteiger partial charge in [0, 0.05) is 23.1 Å². The second-order valence-electron chi connectivity index (χ2n) is 6.31. The minimum atomic E-state index is -0.259. The third kappa shape index (κ3) is 1.98. The summed E-state index contributed by atoms with van der Waals surface area (Å²) in [6.07, 6.45) is 2.05. The first-order valence-corrected chi connectivity index (χ1v) is 7.59. The second kappa shape index (κ2) is 4.47. The maximum atomic E-state index is 6.75. The molecule has 0 bridgehead atoms. The Bertz CT molecular complexity index is 801. The highest BCUT2D eigenvalue weighted by Crippen LogP contribution is 2.34. The van der Waals surface area contributed by atoms with Crippen LogP contribution < -0.4 is 5.73 Å². The van der Waals surface area contributed by atoms with Crippen LogP contribution in [0.4, 0.5) is 0 Å². The van der Waals surface area contributed by atoms with Crippen LogP contribution in [0.15, 0.2) is 54.6 Å². The van der Waals surface area contributed by atoms with Crippen LogP contribution in [0, 0.1) is 6.92 Å². The Kier molecular flexibility index (Phi) is 2.69. The summed E-state index contributed by atoms with van der Waals surface area (Å²) in [5, 5.41) is 1.34. The van der Waals surface area contributed by atoms with E-state index in [0.29, 0.717) is 0 Å². The maximum absolute atomic E-state index is 6.75. The molecule has 1 aromatic heterocycles. The minimum Gasteiger partial charge on any atom is -0.342 e. The number of fused-ring (bicyclic) bond motifs is 3. The summed E-state index contributed by atoms with van der Waals surface area (Å²) < 4.78 is 2.41. The van der Waals surface area contributed by atoms with Crippen molar-refractivity contribution in [1.82, 2.24) is 4.57 Å². The van der Waals surface area contributed by atoms with Gasteiger partial charge in [-0.05, 0) is 43.5 Å². The summed E-state index contributed by atoms with van der Waals surface area (Å²) in [5.74, 6) is 0. The predicted octanol–water partition coefficient (Wildman–Crippen LogP) is 3.75. The molecule has 106 valence electrons. The fraction of sp³-hybridized carbons (Fsp3) is 0.263. The highest BCUT2D eigenvalue weighted by Gasteiger charge is 2.32. The summed E-state index contributed by atoms with van der Waals surface area (Å²) in [7, 11) is 0. The molecule has 2 aromatic carbocycles. The lowest BCUT2D eigenvalue weighted by Gasteiger charge is -2.35. The van der Waals surface area contributed by atoms with Crippen molar-refractivity contribution in [3.8, 4) is 0 Å². The number of benzene rings is 2. The SMILES string of the molecule is Cc1ccc2c(c1)cc1n2C[C@@](N)(c2ccccc2)CC1. The molecule has 0 saturated heterocycles. The van der Waals surface area contributed by atoms with Gasteiger partial charge in [0.05, 0.1) is 5.54 Å². The first-order chi connectivity index (χ1) is 10.2. The lowest BCUT2D eigenvalue weighted by Crippen LogP contribution is -2.44. The van der Waals surface area contributed by atoms with Crippen molar-refractivity contribution in [1.29, 1.82) is 0 Å². The molecule has 2 heterocycles. The van der Waals surface area contributed by atoms with E-state index in [1.165, 1.54) is 27.7 Å². The third-order valence-corrected chi connectivity index (χ3v) is 4.76. The summed E-state index contributed by atoms with van der Waals surface area (Å²) in [6.45, 7) is 3.01. The van der Waals surface area contributed by atoms with Crippen molar-refractivity contribution >= 4 is 10.9 Å². The third-order valence-electron chi connectivity index (χ3n) is 4.76. The molecule has 0 radical (unpaired) electrons. The maximum Gasteiger partial charge on any atom is 0.0595 e. The number of hydrogen-bond donors (Lipinski definition) is 1. The smallest absolute Gasteiger partial charge is 0.0595 e. The molecule has 1 atom stereocenters. The molecule has 0 fully saturated rings. The lowest BCUT2D eigenvalue weighted by atomic mass is 9.83. The average Bonchev–Trinajstić information content (AvgIpc) is 2.85. The number of rotatable bonds is 1. The quantitative estimate of drug-likeness (QED) is 0.721. The first-order valence-electron chi connectivity index (χ1n) is 7.59. The van der Waals surface area contributed by atoms with E-state index in [4.69, 9.17) is 5.73 Å². The van der Waals surface area contributed by atoms with Crippen LogP contribution in [0.2, 0.25) is 0 Å². The zero-order valence-corrected chi connectivity index (χ0v) is 12.3. The van der Waals surface area contributed by atoms with Crippen LogP contribution >= 0.6 is 0 Å². The number of aromatic nitrogens is 1. The average molecular weight is 276 g/mol. The molecule has 0 amide bonds. The fourth-order valence-electron chi connectivity index (χ4n) is 3.56. The van der Waals surface area contributed by atoms with Gasteiger partial charge in [-0.1, -0.05) is 42.0 Å².